The van der Waals surface area contributed by atoms with Crippen LogP contribution in [0, 0.1) is 5.82 Å². The van der Waals surface area contributed by atoms with Crippen molar-refractivity contribution in [3.05, 3.63) is 72.5 Å². The molecule has 0 spiro atoms. The summed E-state index contributed by atoms with van der Waals surface area (Å²) in [5, 5.41) is 14.0. The first-order valence-corrected chi connectivity index (χ1v) is 13.9. The first-order valence-electron chi connectivity index (χ1n) is 13.0. The predicted octanol–water partition coefficient (Wildman–Crippen LogP) is 6.19. The van der Waals surface area contributed by atoms with Crippen LogP contribution in [0.4, 0.5) is 20.9 Å². The standard InChI is InChI=1S/C29H28FN7S/c1-35-13-15-36(16-14-35)25-18-26-24(31-27(37(26)20-11-12-20)21-9-5-6-10-22(21)30)17-23(25)32-29-34-33-28(38-29)19-7-3-2-4-8-19/h2-10,17-18,20H,11-16H2,1H3,(H,32,34). The molecule has 0 atom stereocenters. The fourth-order valence-corrected chi connectivity index (χ4v) is 5.92. The topological polar surface area (TPSA) is 62.1 Å². The molecule has 5 aromatic rings. The van der Waals surface area contributed by atoms with E-state index in [2.05, 4.69) is 49.1 Å². The molecule has 1 aliphatic carbocycles. The monoisotopic (exact) mass is 525 g/mol. The van der Waals surface area contributed by atoms with Gasteiger partial charge in [0, 0.05) is 37.8 Å². The third-order valence-electron chi connectivity index (χ3n) is 7.37. The minimum atomic E-state index is -0.246. The fourth-order valence-electron chi connectivity index (χ4n) is 5.16. The molecule has 0 bridgehead atoms. The number of benzene rings is 3. The maximum absolute atomic E-state index is 14.9. The molecule has 3 heterocycles. The van der Waals surface area contributed by atoms with E-state index in [0.29, 0.717) is 17.4 Å². The van der Waals surface area contributed by atoms with E-state index in [1.807, 2.05) is 42.5 Å². The van der Waals surface area contributed by atoms with Crippen molar-refractivity contribution in [3.8, 4) is 22.0 Å². The van der Waals surface area contributed by atoms with Crippen molar-refractivity contribution in [2.24, 2.45) is 0 Å². The summed E-state index contributed by atoms with van der Waals surface area (Å²) < 4.78 is 17.1. The van der Waals surface area contributed by atoms with Crippen LogP contribution in [0.3, 0.4) is 0 Å². The fraction of sp³-hybridized carbons (Fsp3) is 0.276. The van der Waals surface area contributed by atoms with Crippen molar-refractivity contribution >= 4 is 38.9 Å². The highest BCUT2D eigenvalue weighted by molar-refractivity contribution is 7.18. The molecule has 1 aliphatic heterocycles. The van der Waals surface area contributed by atoms with E-state index in [4.69, 9.17) is 4.98 Å². The highest BCUT2D eigenvalue weighted by atomic mass is 32.1. The third-order valence-corrected chi connectivity index (χ3v) is 8.25. The van der Waals surface area contributed by atoms with Gasteiger partial charge >= 0.3 is 0 Å². The Morgan fingerprint density at radius 1 is 0.921 bits per heavy atom. The molecule has 7 nitrogen and oxygen atoms in total. The SMILES string of the molecule is CN1CCN(c2cc3c(cc2Nc2nnc(-c4ccccc4)s2)nc(-c2ccccc2F)n3C2CC2)CC1. The molecule has 2 aliphatic rings. The van der Waals surface area contributed by atoms with Gasteiger partial charge in [0.25, 0.3) is 0 Å². The van der Waals surface area contributed by atoms with Gasteiger partial charge in [-0.2, -0.15) is 0 Å². The highest BCUT2D eigenvalue weighted by Gasteiger charge is 2.31. The first kappa shape index (κ1) is 23.3. The number of piperazine rings is 1. The lowest BCUT2D eigenvalue weighted by Gasteiger charge is -2.35. The summed E-state index contributed by atoms with van der Waals surface area (Å²) >= 11 is 1.53. The lowest BCUT2D eigenvalue weighted by molar-refractivity contribution is 0.313. The van der Waals surface area contributed by atoms with Crippen LogP contribution in [0.15, 0.2) is 66.7 Å². The van der Waals surface area contributed by atoms with E-state index in [0.717, 1.165) is 77.1 Å². The zero-order valence-electron chi connectivity index (χ0n) is 21.1. The number of anilines is 3. The number of rotatable bonds is 6. The van der Waals surface area contributed by atoms with Crippen LogP contribution >= 0.6 is 11.3 Å². The van der Waals surface area contributed by atoms with Crippen molar-refractivity contribution in [1.29, 1.82) is 0 Å². The molecule has 1 N–H and O–H groups in total. The Kier molecular flexibility index (Phi) is 5.82. The van der Waals surface area contributed by atoms with Gasteiger partial charge in [0.1, 0.15) is 16.6 Å². The number of hydrogen-bond donors (Lipinski definition) is 1. The number of nitrogens with zero attached hydrogens (tertiary/aromatic N) is 6. The van der Waals surface area contributed by atoms with Gasteiger partial charge in [-0.15, -0.1) is 10.2 Å². The summed E-state index contributed by atoms with van der Waals surface area (Å²) in [6.07, 6.45) is 2.17. The molecular formula is C29H28FN7S. The Labute approximate surface area is 224 Å². The summed E-state index contributed by atoms with van der Waals surface area (Å²) in [7, 11) is 2.16. The number of likely N-dealkylation sites (N-methyl/N-ethyl adjacent to an activating group) is 1. The Bertz CT molecular complexity index is 1600. The first-order chi connectivity index (χ1) is 18.6. The highest BCUT2D eigenvalue weighted by Crippen LogP contribution is 2.44. The van der Waals surface area contributed by atoms with Crippen molar-refractivity contribution in [2.75, 3.05) is 43.4 Å². The average Bonchev–Trinajstić information content (AvgIpc) is 3.55. The normalized spacial score (nSPS) is 16.3. The zero-order chi connectivity index (χ0) is 25.6. The Hall–Kier alpha value is -3.82. The average molecular weight is 526 g/mol. The van der Waals surface area contributed by atoms with Crippen molar-refractivity contribution < 1.29 is 4.39 Å². The van der Waals surface area contributed by atoms with E-state index in [9.17, 15) is 4.39 Å². The molecule has 0 radical (unpaired) electrons. The van der Waals surface area contributed by atoms with Gasteiger partial charge in [-0.3, -0.25) is 0 Å². The van der Waals surface area contributed by atoms with Crippen molar-refractivity contribution in [2.45, 2.75) is 18.9 Å². The summed E-state index contributed by atoms with van der Waals surface area (Å²) in [6, 6.07) is 21.7. The molecule has 0 unspecified atom stereocenters. The number of hydrogen-bond acceptors (Lipinski definition) is 7. The third kappa shape index (κ3) is 4.31. The van der Waals surface area contributed by atoms with Crippen LogP contribution in [0.5, 0.6) is 0 Å². The van der Waals surface area contributed by atoms with Crippen LogP contribution in [0.25, 0.3) is 33.0 Å². The van der Waals surface area contributed by atoms with Gasteiger partial charge < -0.3 is 19.7 Å². The maximum atomic E-state index is 14.9. The van der Waals surface area contributed by atoms with E-state index < -0.39 is 0 Å². The largest absolute Gasteiger partial charge is 0.367 e. The van der Waals surface area contributed by atoms with E-state index in [1.165, 1.54) is 17.4 Å². The quantitative estimate of drug-likeness (QED) is 0.285. The van der Waals surface area contributed by atoms with Crippen LogP contribution in [0.2, 0.25) is 0 Å². The molecule has 1 saturated carbocycles. The smallest absolute Gasteiger partial charge is 0.210 e. The van der Waals surface area contributed by atoms with Crippen LogP contribution in [-0.4, -0.2) is 57.9 Å². The lowest BCUT2D eigenvalue weighted by atomic mass is 10.2. The van der Waals surface area contributed by atoms with Crippen molar-refractivity contribution in [3.63, 3.8) is 0 Å². The number of imidazole rings is 1. The number of aromatic nitrogens is 4. The van der Waals surface area contributed by atoms with Gasteiger partial charge in [0.05, 0.1) is 28.0 Å². The van der Waals surface area contributed by atoms with Crippen LogP contribution < -0.4 is 10.2 Å². The molecule has 38 heavy (non-hydrogen) atoms. The zero-order valence-corrected chi connectivity index (χ0v) is 22.0. The van der Waals surface area contributed by atoms with Crippen molar-refractivity contribution in [1.82, 2.24) is 24.6 Å². The van der Waals surface area contributed by atoms with E-state index in [1.54, 1.807) is 6.07 Å². The summed E-state index contributed by atoms with van der Waals surface area (Å²) in [5.74, 6) is 0.453. The van der Waals surface area contributed by atoms with Gasteiger partial charge in [-0.1, -0.05) is 53.8 Å². The minimum Gasteiger partial charge on any atom is -0.367 e. The summed E-state index contributed by atoms with van der Waals surface area (Å²) in [6.45, 7) is 3.85. The predicted molar refractivity (Wildman–Crippen MR) is 152 cm³/mol. The second kappa shape index (κ2) is 9.49. The number of fused-ring (bicyclic) bond motifs is 1. The Morgan fingerprint density at radius 2 is 1.68 bits per heavy atom. The van der Waals surface area contributed by atoms with Gasteiger partial charge in [-0.25, -0.2) is 9.37 Å². The maximum Gasteiger partial charge on any atom is 0.210 e. The summed E-state index contributed by atoms with van der Waals surface area (Å²) in [4.78, 5) is 9.76. The Balaban J connectivity index is 1.34. The minimum absolute atomic E-state index is 0.246. The van der Waals surface area contributed by atoms with Gasteiger partial charge in [0.15, 0.2) is 0 Å². The number of halogens is 1. The molecule has 7 rings (SSSR count). The number of nitrogens with one attached hydrogen (secondary N) is 1. The molecule has 2 aromatic heterocycles. The molecule has 9 heteroatoms. The molecular weight excluding hydrogens is 497 g/mol. The lowest BCUT2D eigenvalue weighted by Crippen LogP contribution is -2.44. The molecule has 3 aromatic carbocycles. The Morgan fingerprint density at radius 3 is 2.45 bits per heavy atom. The van der Waals surface area contributed by atoms with E-state index in [-0.39, 0.29) is 5.82 Å². The van der Waals surface area contributed by atoms with E-state index >= 15 is 0 Å². The van der Waals surface area contributed by atoms with Gasteiger partial charge in [-0.05, 0) is 44.2 Å². The summed E-state index contributed by atoms with van der Waals surface area (Å²) in [5.41, 5.74) is 5.55. The molecule has 0 amide bonds. The van der Waals surface area contributed by atoms with Crippen LogP contribution in [0.1, 0.15) is 18.9 Å². The second-order valence-corrected chi connectivity index (χ2v) is 11.0. The second-order valence-electron chi connectivity index (χ2n) is 10.1. The van der Waals surface area contributed by atoms with Gasteiger partial charge in [0.2, 0.25) is 5.13 Å². The molecule has 192 valence electrons. The molecule has 2 fully saturated rings. The molecule has 1 saturated heterocycles. The van der Waals surface area contributed by atoms with Crippen LogP contribution in [-0.2, 0) is 0 Å².